The maximum absolute atomic E-state index is 5.68. The lowest BCUT2D eigenvalue weighted by molar-refractivity contribution is 0.104. The molecule has 0 radical (unpaired) electrons. The number of hydrogen-bond acceptors (Lipinski definition) is 4. The van der Waals surface area contributed by atoms with Gasteiger partial charge in [0.05, 0.1) is 12.3 Å². The second-order valence-corrected chi connectivity index (χ2v) is 6.33. The Morgan fingerprint density at radius 1 is 1.43 bits per heavy atom. The molecule has 3 rings (SSSR count). The molecule has 0 spiro atoms. The largest absolute Gasteiger partial charge is 0.381 e. The van der Waals surface area contributed by atoms with Crippen LogP contribution in [0.4, 0.5) is 0 Å². The summed E-state index contributed by atoms with van der Waals surface area (Å²) in [5.74, 6) is 0.389. The third-order valence-electron chi connectivity index (χ3n) is 3.96. The van der Waals surface area contributed by atoms with Crippen molar-refractivity contribution in [3.63, 3.8) is 0 Å². The molecule has 1 aliphatic rings. The van der Waals surface area contributed by atoms with Gasteiger partial charge in [0.2, 0.25) is 0 Å². The molecule has 0 saturated carbocycles. The molecule has 1 aliphatic heterocycles. The molecule has 21 heavy (non-hydrogen) atoms. The summed E-state index contributed by atoms with van der Waals surface area (Å²) in [4.78, 5) is 2.51. The number of ether oxygens (including phenoxy) is 1. The van der Waals surface area contributed by atoms with Crippen LogP contribution in [-0.4, -0.2) is 34.4 Å². The number of aromatic nitrogens is 2. The second kappa shape index (κ2) is 6.73. The lowest BCUT2D eigenvalue weighted by Gasteiger charge is -2.31. The first-order valence-corrected chi connectivity index (χ1v) is 8.61. The lowest BCUT2D eigenvalue weighted by Crippen LogP contribution is -2.34. The monoisotopic (exact) mass is 305 g/mol. The maximum Gasteiger partial charge on any atom is 0.0736 e. The summed E-state index contributed by atoms with van der Waals surface area (Å²) < 4.78 is 7.74. The van der Waals surface area contributed by atoms with Gasteiger partial charge in [-0.3, -0.25) is 9.58 Å². The van der Waals surface area contributed by atoms with Gasteiger partial charge in [-0.05, 0) is 36.2 Å². The van der Waals surface area contributed by atoms with Crippen LogP contribution in [0.1, 0.15) is 36.6 Å². The van der Waals surface area contributed by atoms with Gasteiger partial charge in [-0.15, -0.1) is 0 Å². The van der Waals surface area contributed by atoms with E-state index in [0.29, 0.717) is 5.92 Å². The zero-order valence-electron chi connectivity index (χ0n) is 12.8. The summed E-state index contributed by atoms with van der Waals surface area (Å²) >= 11 is 1.77. The van der Waals surface area contributed by atoms with E-state index in [4.69, 9.17) is 9.84 Å². The highest BCUT2D eigenvalue weighted by Crippen LogP contribution is 2.28. The van der Waals surface area contributed by atoms with Gasteiger partial charge < -0.3 is 4.74 Å². The van der Waals surface area contributed by atoms with Gasteiger partial charge in [-0.25, -0.2) is 0 Å². The minimum atomic E-state index is 0.389. The number of hydrogen-bond donors (Lipinski definition) is 0. The Hall–Kier alpha value is -1.17. The van der Waals surface area contributed by atoms with Crippen molar-refractivity contribution in [3.05, 3.63) is 39.8 Å². The molecule has 0 unspecified atom stereocenters. The molecule has 2 aromatic heterocycles. The van der Waals surface area contributed by atoms with E-state index in [1.807, 2.05) is 0 Å². The molecule has 0 fully saturated rings. The molecule has 3 heterocycles. The molecule has 0 saturated heterocycles. The Kier molecular flexibility index (Phi) is 4.73. The molecule has 0 bridgehead atoms. The highest BCUT2D eigenvalue weighted by molar-refractivity contribution is 7.07. The van der Waals surface area contributed by atoms with Gasteiger partial charge in [0.1, 0.15) is 0 Å². The number of rotatable bonds is 6. The van der Waals surface area contributed by atoms with Crippen LogP contribution in [0.3, 0.4) is 0 Å². The fourth-order valence-electron chi connectivity index (χ4n) is 2.96. The van der Waals surface area contributed by atoms with Crippen LogP contribution < -0.4 is 0 Å². The quantitative estimate of drug-likeness (QED) is 0.821. The highest BCUT2D eigenvalue weighted by atomic mass is 32.1. The molecule has 0 aromatic carbocycles. The van der Waals surface area contributed by atoms with Crippen LogP contribution in [-0.2, 0) is 24.4 Å². The molecule has 1 atom stereocenters. The van der Waals surface area contributed by atoms with E-state index in [1.54, 1.807) is 11.3 Å². The molecule has 0 amide bonds. The SMILES string of the molecule is CCOC[C@@H]1CN(Cc2ccsc2)Cc2cn(CC)nc21. The van der Waals surface area contributed by atoms with Gasteiger partial charge in [-0.1, -0.05) is 0 Å². The van der Waals surface area contributed by atoms with Gasteiger partial charge >= 0.3 is 0 Å². The standard InChI is InChI=1S/C16H23N3OS/c1-3-19-10-14-8-18(7-13-5-6-21-12-13)9-15(11-20-4-2)16(14)17-19/h5-6,10,12,15H,3-4,7-9,11H2,1-2H3/t15-/m0/s1. The third-order valence-corrected chi connectivity index (χ3v) is 4.69. The number of thiophene rings is 1. The van der Waals surface area contributed by atoms with Crippen LogP contribution >= 0.6 is 11.3 Å². The van der Waals surface area contributed by atoms with Crippen molar-refractivity contribution in [2.75, 3.05) is 19.8 Å². The summed E-state index contributed by atoms with van der Waals surface area (Å²) in [7, 11) is 0. The number of aryl methyl sites for hydroxylation is 1. The van der Waals surface area contributed by atoms with Crippen LogP contribution in [0.5, 0.6) is 0 Å². The van der Waals surface area contributed by atoms with E-state index < -0.39 is 0 Å². The van der Waals surface area contributed by atoms with Crippen molar-refractivity contribution in [1.82, 2.24) is 14.7 Å². The average molecular weight is 305 g/mol. The average Bonchev–Trinajstić information content (AvgIpc) is 3.13. The van der Waals surface area contributed by atoms with Crippen molar-refractivity contribution >= 4 is 11.3 Å². The summed E-state index contributed by atoms with van der Waals surface area (Å²) in [6, 6.07) is 2.22. The molecule has 114 valence electrons. The molecular formula is C16H23N3OS. The fraction of sp³-hybridized carbons (Fsp3) is 0.562. The smallest absolute Gasteiger partial charge is 0.0736 e. The molecule has 0 N–H and O–H groups in total. The summed E-state index contributed by atoms with van der Waals surface area (Å²) in [6.45, 7) is 9.70. The predicted molar refractivity (Wildman–Crippen MR) is 85.6 cm³/mol. The summed E-state index contributed by atoms with van der Waals surface area (Å²) in [6.07, 6.45) is 2.20. The molecule has 4 nitrogen and oxygen atoms in total. The van der Waals surface area contributed by atoms with E-state index in [1.165, 1.54) is 16.8 Å². The van der Waals surface area contributed by atoms with E-state index in [9.17, 15) is 0 Å². The van der Waals surface area contributed by atoms with Crippen molar-refractivity contribution in [1.29, 1.82) is 0 Å². The zero-order chi connectivity index (χ0) is 14.7. The first-order valence-electron chi connectivity index (χ1n) is 7.67. The third kappa shape index (κ3) is 3.36. The van der Waals surface area contributed by atoms with E-state index in [0.717, 1.165) is 39.4 Å². The Balaban J connectivity index is 1.77. The van der Waals surface area contributed by atoms with Crippen LogP contribution in [0.25, 0.3) is 0 Å². The second-order valence-electron chi connectivity index (χ2n) is 5.55. The van der Waals surface area contributed by atoms with Crippen LogP contribution in [0, 0.1) is 0 Å². The first-order chi connectivity index (χ1) is 10.3. The summed E-state index contributed by atoms with van der Waals surface area (Å²) in [5, 5.41) is 9.14. The molecule has 2 aromatic rings. The number of fused-ring (bicyclic) bond motifs is 1. The molecule has 5 heteroatoms. The van der Waals surface area contributed by atoms with E-state index >= 15 is 0 Å². The minimum Gasteiger partial charge on any atom is -0.381 e. The minimum absolute atomic E-state index is 0.389. The Bertz CT molecular complexity index is 564. The maximum atomic E-state index is 5.68. The molecular weight excluding hydrogens is 282 g/mol. The normalized spacial score (nSPS) is 18.9. The molecule has 0 aliphatic carbocycles. The predicted octanol–water partition coefficient (Wildman–Crippen LogP) is 3.10. The van der Waals surface area contributed by atoms with E-state index in [-0.39, 0.29) is 0 Å². The van der Waals surface area contributed by atoms with Crippen molar-refractivity contribution in [3.8, 4) is 0 Å². The van der Waals surface area contributed by atoms with Gasteiger partial charge in [0, 0.05) is 50.5 Å². The first kappa shape index (κ1) is 14.8. The van der Waals surface area contributed by atoms with Crippen LogP contribution in [0.15, 0.2) is 23.0 Å². The Morgan fingerprint density at radius 3 is 3.05 bits per heavy atom. The lowest BCUT2D eigenvalue weighted by atomic mass is 9.97. The number of nitrogens with zero attached hydrogens (tertiary/aromatic N) is 3. The summed E-state index contributed by atoms with van der Waals surface area (Å²) in [5.41, 5.74) is 4.01. The highest BCUT2D eigenvalue weighted by Gasteiger charge is 2.28. The van der Waals surface area contributed by atoms with Gasteiger partial charge in [-0.2, -0.15) is 16.4 Å². The van der Waals surface area contributed by atoms with Crippen molar-refractivity contribution in [2.45, 2.75) is 39.4 Å². The Labute approximate surface area is 130 Å². The van der Waals surface area contributed by atoms with Crippen molar-refractivity contribution in [2.24, 2.45) is 0 Å². The van der Waals surface area contributed by atoms with Gasteiger partial charge in [0.15, 0.2) is 0 Å². The van der Waals surface area contributed by atoms with Crippen LogP contribution in [0.2, 0.25) is 0 Å². The van der Waals surface area contributed by atoms with Crippen molar-refractivity contribution < 1.29 is 4.74 Å². The fourth-order valence-corrected chi connectivity index (χ4v) is 3.62. The topological polar surface area (TPSA) is 30.3 Å². The van der Waals surface area contributed by atoms with Gasteiger partial charge in [0.25, 0.3) is 0 Å². The zero-order valence-corrected chi connectivity index (χ0v) is 13.6. The Morgan fingerprint density at radius 2 is 2.33 bits per heavy atom. The van der Waals surface area contributed by atoms with E-state index in [2.05, 4.69) is 46.5 Å².